The summed E-state index contributed by atoms with van der Waals surface area (Å²) >= 11 is 11.8. The van der Waals surface area contributed by atoms with Crippen molar-refractivity contribution in [1.82, 2.24) is 5.32 Å². The number of carbonyl (C=O) groups is 2. The smallest absolute Gasteiger partial charge is 0.251 e. The number of hydrogen-bond donors (Lipinski definition) is 3. The van der Waals surface area contributed by atoms with Gasteiger partial charge >= 0.3 is 0 Å². The standard InChI is InChI=1S/C18H19Cl2N3O2/c1-2-9-21-18(25)12-3-6-14(7-4-12)22-11-17(24)23-16-8-5-13(19)10-15(16)20/h3-8,10,22H,2,9,11H2,1H3,(H,21,25)(H,23,24). The fourth-order valence-electron chi connectivity index (χ4n) is 2.05. The predicted octanol–water partition coefficient (Wildman–Crippen LogP) is 4.18. The van der Waals surface area contributed by atoms with E-state index in [4.69, 9.17) is 23.2 Å². The fraction of sp³-hybridized carbons (Fsp3) is 0.222. The molecule has 2 rings (SSSR count). The molecular weight excluding hydrogens is 361 g/mol. The van der Waals surface area contributed by atoms with E-state index in [2.05, 4.69) is 16.0 Å². The van der Waals surface area contributed by atoms with Gasteiger partial charge in [-0.15, -0.1) is 0 Å². The third-order valence-electron chi connectivity index (χ3n) is 3.34. The Balaban J connectivity index is 1.86. The van der Waals surface area contributed by atoms with Gasteiger partial charge in [0.05, 0.1) is 17.3 Å². The average molecular weight is 380 g/mol. The second-order valence-electron chi connectivity index (χ2n) is 5.36. The van der Waals surface area contributed by atoms with Crippen molar-refractivity contribution in [2.75, 3.05) is 23.7 Å². The van der Waals surface area contributed by atoms with Crippen LogP contribution in [0.2, 0.25) is 10.0 Å². The summed E-state index contributed by atoms with van der Waals surface area (Å²) in [7, 11) is 0. The quantitative estimate of drug-likeness (QED) is 0.675. The predicted molar refractivity (Wildman–Crippen MR) is 103 cm³/mol. The van der Waals surface area contributed by atoms with E-state index < -0.39 is 0 Å². The van der Waals surface area contributed by atoms with Crippen molar-refractivity contribution >= 4 is 46.4 Å². The van der Waals surface area contributed by atoms with Gasteiger partial charge in [-0.25, -0.2) is 0 Å². The van der Waals surface area contributed by atoms with Gasteiger partial charge in [0, 0.05) is 22.8 Å². The molecule has 0 unspecified atom stereocenters. The Bertz CT molecular complexity index is 748. The maximum absolute atomic E-state index is 12.0. The lowest BCUT2D eigenvalue weighted by atomic mass is 10.2. The number of rotatable bonds is 7. The SMILES string of the molecule is CCCNC(=O)c1ccc(NCC(=O)Nc2ccc(Cl)cc2Cl)cc1. The highest BCUT2D eigenvalue weighted by atomic mass is 35.5. The van der Waals surface area contributed by atoms with E-state index in [1.165, 1.54) is 0 Å². The first-order chi connectivity index (χ1) is 12.0. The molecule has 0 saturated heterocycles. The number of anilines is 2. The van der Waals surface area contributed by atoms with E-state index in [0.717, 1.165) is 12.1 Å². The highest BCUT2D eigenvalue weighted by Gasteiger charge is 2.07. The summed E-state index contributed by atoms with van der Waals surface area (Å²) in [6.07, 6.45) is 0.887. The maximum atomic E-state index is 12.0. The molecule has 0 bridgehead atoms. The summed E-state index contributed by atoms with van der Waals surface area (Å²) < 4.78 is 0. The first-order valence-electron chi connectivity index (χ1n) is 7.86. The fourth-order valence-corrected chi connectivity index (χ4v) is 2.50. The zero-order valence-electron chi connectivity index (χ0n) is 13.7. The summed E-state index contributed by atoms with van der Waals surface area (Å²) in [4.78, 5) is 23.8. The molecule has 0 aromatic heterocycles. The van der Waals surface area contributed by atoms with Crippen LogP contribution in [0.15, 0.2) is 42.5 Å². The van der Waals surface area contributed by atoms with Crippen LogP contribution in [0, 0.1) is 0 Å². The van der Waals surface area contributed by atoms with E-state index in [-0.39, 0.29) is 18.4 Å². The van der Waals surface area contributed by atoms with Crippen LogP contribution >= 0.6 is 23.2 Å². The van der Waals surface area contributed by atoms with Gasteiger partial charge in [-0.05, 0) is 48.9 Å². The topological polar surface area (TPSA) is 70.2 Å². The van der Waals surface area contributed by atoms with E-state index >= 15 is 0 Å². The molecule has 0 fully saturated rings. The Morgan fingerprint density at radius 2 is 1.76 bits per heavy atom. The molecule has 2 aromatic rings. The number of nitrogens with one attached hydrogen (secondary N) is 3. The Morgan fingerprint density at radius 3 is 2.40 bits per heavy atom. The number of halogens is 2. The van der Waals surface area contributed by atoms with Crippen LogP contribution in [0.1, 0.15) is 23.7 Å². The third-order valence-corrected chi connectivity index (χ3v) is 3.89. The van der Waals surface area contributed by atoms with E-state index in [9.17, 15) is 9.59 Å². The number of hydrogen-bond acceptors (Lipinski definition) is 3. The zero-order valence-corrected chi connectivity index (χ0v) is 15.2. The molecule has 0 aliphatic heterocycles. The van der Waals surface area contributed by atoms with Gasteiger partial charge in [0.2, 0.25) is 5.91 Å². The van der Waals surface area contributed by atoms with Crippen molar-refractivity contribution in [2.24, 2.45) is 0 Å². The molecule has 132 valence electrons. The van der Waals surface area contributed by atoms with Gasteiger partial charge < -0.3 is 16.0 Å². The van der Waals surface area contributed by atoms with Gasteiger partial charge in [0.1, 0.15) is 0 Å². The molecule has 2 aromatic carbocycles. The van der Waals surface area contributed by atoms with Crippen LogP contribution in [0.4, 0.5) is 11.4 Å². The highest BCUT2D eigenvalue weighted by molar-refractivity contribution is 6.36. The normalized spacial score (nSPS) is 10.2. The molecule has 5 nitrogen and oxygen atoms in total. The van der Waals surface area contributed by atoms with Gasteiger partial charge in [0.25, 0.3) is 5.91 Å². The van der Waals surface area contributed by atoms with Crippen LogP contribution in [0.5, 0.6) is 0 Å². The molecule has 3 N–H and O–H groups in total. The van der Waals surface area contributed by atoms with Crippen molar-refractivity contribution in [3.05, 3.63) is 58.1 Å². The Morgan fingerprint density at radius 1 is 1.04 bits per heavy atom. The molecule has 0 aliphatic rings. The third kappa shape index (κ3) is 5.96. The molecule has 0 heterocycles. The summed E-state index contributed by atoms with van der Waals surface area (Å²) in [6, 6.07) is 11.8. The molecule has 0 radical (unpaired) electrons. The lowest BCUT2D eigenvalue weighted by molar-refractivity contribution is -0.114. The van der Waals surface area contributed by atoms with Gasteiger partial charge in [-0.2, -0.15) is 0 Å². The van der Waals surface area contributed by atoms with E-state index in [1.807, 2.05) is 6.92 Å². The summed E-state index contributed by atoms with van der Waals surface area (Å²) in [5, 5.41) is 9.39. The lowest BCUT2D eigenvalue weighted by Crippen LogP contribution is -2.24. The largest absolute Gasteiger partial charge is 0.376 e. The van der Waals surface area contributed by atoms with Crippen molar-refractivity contribution in [1.29, 1.82) is 0 Å². The second-order valence-corrected chi connectivity index (χ2v) is 6.20. The number of amides is 2. The second kappa shape index (κ2) is 9.30. The first-order valence-corrected chi connectivity index (χ1v) is 8.62. The van der Waals surface area contributed by atoms with Crippen molar-refractivity contribution in [3.8, 4) is 0 Å². The monoisotopic (exact) mass is 379 g/mol. The molecule has 0 atom stereocenters. The minimum Gasteiger partial charge on any atom is -0.376 e. The molecule has 0 spiro atoms. The zero-order chi connectivity index (χ0) is 18.2. The molecular formula is C18H19Cl2N3O2. The van der Waals surface area contributed by atoms with E-state index in [0.29, 0.717) is 27.8 Å². The lowest BCUT2D eigenvalue weighted by Gasteiger charge is -2.10. The van der Waals surface area contributed by atoms with Crippen LogP contribution in [0.25, 0.3) is 0 Å². The van der Waals surface area contributed by atoms with Crippen LogP contribution < -0.4 is 16.0 Å². The Labute approximate surface area is 156 Å². The van der Waals surface area contributed by atoms with Gasteiger partial charge in [-0.3, -0.25) is 9.59 Å². The summed E-state index contributed by atoms with van der Waals surface area (Å²) in [5.74, 6) is -0.350. The van der Waals surface area contributed by atoms with Crippen molar-refractivity contribution < 1.29 is 9.59 Å². The molecule has 0 saturated carbocycles. The molecule has 0 aliphatic carbocycles. The number of benzene rings is 2. The first kappa shape index (κ1) is 19.1. The minimum atomic E-state index is -0.242. The summed E-state index contributed by atoms with van der Waals surface area (Å²) in [6.45, 7) is 2.71. The minimum absolute atomic E-state index is 0.0698. The van der Waals surface area contributed by atoms with Gasteiger partial charge in [0.15, 0.2) is 0 Å². The number of carbonyl (C=O) groups excluding carboxylic acids is 2. The van der Waals surface area contributed by atoms with Crippen molar-refractivity contribution in [2.45, 2.75) is 13.3 Å². The molecule has 25 heavy (non-hydrogen) atoms. The molecule has 7 heteroatoms. The van der Waals surface area contributed by atoms with Crippen LogP contribution in [0.3, 0.4) is 0 Å². The van der Waals surface area contributed by atoms with E-state index in [1.54, 1.807) is 42.5 Å². The maximum Gasteiger partial charge on any atom is 0.251 e. The molecule has 2 amide bonds. The van der Waals surface area contributed by atoms with Crippen LogP contribution in [-0.4, -0.2) is 24.9 Å². The van der Waals surface area contributed by atoms with Crippen LogP contribution in [-0.2, 0) is 4.79 Å². The summed E-state index contributed by atoms with van der Waals surface area (Å²) in [5.41, 5.74) is 1.82. The van der Waals surface area contributed by atoms with Crippen molar-refractivity contribution in [3.63, 3.8) is 0 Å². The average Bonchev–Trinajstić information content (AvgIpc) is 2.60. The van der Waals surface area contributed by atoms with Gasteiger partial charge in [-0.1, -0.05) is 30.1 Å². The Hall–Kier alpha value is -2.24. The Kier molecular flexibility index (Phi) is 7.10. The highest BCUT2D eigenvalue weighted by Crippen LogP contribution is 2.25.